The van der Waals surface area contributed by atoms with E-state index in [1.165, 1.54) is 31.5 Å². The minimum atomic E-state index is 0.158. The summed E-state index contributed by atoms with van der Waals surface area (Å²) in [5.74, 6) is 0.158. The molecule has 0 N–H and O–H groups in total. The van der Waals surface area contributed by atoms with Crippen molar-refractivity contribution in [2.75, 3.05) is 39.3 Å². The maximum atomic E-state index is 12.4. The summed E-state index contributed by atoms with van der Waals surface area (Å²) in [5.41, 5.74) is 2.98. The van der Waals surface area contributed by atoms with Gasteiger partial charge in [-0.2, -0.15) is 11.3 Å². The van der Waals surface area contributed by atoms with Crippen molar-refractivity contribution in [3.05, 3.63) is 40.3 Å². The average molecular weight is 373 g/mol. The molecule has 0 unspecified atom stereocenters. The van der Waals surface area contributed by atoms with Crippen LogP contribution in [0.25, 0.3) is 6.08 Å². The molecule has 1 spiro atoms. The van der Waals surface area contributed by atoms with Gasteiger partial charge < -0.3 is 9.64 Å². The van der Waals surface area contributed by atoms with Crippen LogP contribution in [-0.4, -0.2) is 55.0 Å². The van der Waals surface area contributed by atoms with Gasteiger partial charge in [-0.1, -0.05) is 0 Å². The molecule has 4 heterocycles. The van der Waals surface area contributed by atoms with E-state index >= 15 is 0 Å². The van der Waals surface area contributed by atoms with Crippen molar-refractivity contribution < 1.29 is 9.53 Å². The highest BCUT2D eigenvalue weighted by atomic mass is 32.1. The molecule has 3 aliphatic heterocycles. The number of ether oxygens (including phenoxy) is 1. The van der Waals surface area contributed by atoms with E-state index in [9.17, 15) is 4.79 Å². The smallest absolute Gasteiger partial charge is 0.246 e. The van der Waals surface area contributed by atoms with Gasteiger partial charge in [0.05, 0.1) is 12.9 Å². The maximum Gasteiger partial charge on any atom is 0.246 e. The lowest BCUT2D eigenvalue weighted by atomic mass is 9.78. The third kappa shape index (κ3) is 4.21. The molecule has 0 radical (unpaired) electrons. The van der Waals surface area contributed by atoms with Crippen LogP contribution in [0.15, 0.2) is 34.7 Å². The molecule has 2 saturated heterocycles. The van der Waals surface area contributed by atoms with Crippen LogP contribution in [0.5, 0.6) is 0 Å². The molecular weight excluding hydrogens is 344 g/mol. The molecule has 4 rings (SSSR count). The highest BCUT2D eigenvalue weighted by Crippen LogP contribution is 2.40. The average Bonchev–Trinajstić information content (AvgIpc) is 3.32. The second-order valence-electron chi connectivity index (χ2n) is 7.93. The Labute approximate surface area is 160 Å². The van der Waals surface area contributed by atoms with E-state index < -0.39 is 0 Å². The molecule has 140 valence electrons. The van der Waals surface area contributed by atoms with Gasteiger partial charge in [-0.3, -0.25) is 9.69 Å². The summed E-state index contributed by atoms with van der Waals surface area (Å²) >= 11 is 1.66. The van der Waals surface area contributed by atoms with Gasteiger partial charge in [-0.05, 0) is 78.1 Å². The zero-order valence-corrected chi connectivity index (χ0v) is 16.2. The summed E-state index contributed by atoms with van der Waals surface area (Å²) in [6.07, 6.45) is 11.5. The fourth-order valence-electron chi connectivity index (χ4n) is 4.44. The Kier molecular flexibility index (Phi) is 5.46. The molecule has 26 heavy (non-hydrogen) atoms. The number of hydrogen-bond acceptors (Lipinski definition) is 4. The number of carbonyl (C=O) groups is 1. The van der Waals surface area contributed by atoms with E-state index in [1.54, 1.807) is 17.4 Å². The Balaban J connectivity index is 1.26. The quantitative estimate of drug-likeness (QED) is 0.754. The zero-order valence-electron chi connectivity index (χ0n) is 15.4. The third-order valence-corrected chi connectivity index (χ3v) is 6.75. The first kappa shape index (κ1) is 17.8. The Morgan fingerprint density at radius 1 is 1.27 bits per heavy atom. The lowest BCUT2D eigenvalue weighted by molar-refractivity contribution is -0.128. The van der Waals surface area contributed by atoms with Gasteiger partial charge in [0.15, 0.2) is 0 Å². The Hall–Kier alpha value is -1.59. The Morgan fingerprint density at radius 2 is 2.12 bits per heavy atom. The number of piperidine rings is 1. The molecule has 0 atom stereocenters. The van der Waals surface area contributed by atoms with Crippen molar-refractivity contribution in [2.45, 2.75) is 32.1 Å². The van der Waals surface area contributed by atoms with Gasteiger partial charge in [-0.25, -0.2) is 0 Å². The topological polar surface area (TPSA) is 32.8 Å². The summed E-state index contributed by atoms with van der Waals surface area (Å²) in [7, 11) is 0. The van der Waals surface area contributed by atoms with E-state index in [0.717, 1.165) is 51.1 Å². The third-order valence-electron chi connectivity index (χ3n) is 6.05. The van der Waals surface area contributed by atoms with Crippen molar-refractivity contribution in [3.63, 3.8) is 0 Å². The van der Waals surface area contributed by atoms with E-state index in [0.29, 0.717) is 5.41 Å². The van der Waals surface area contributed by atoms with Crippen molar-refractivity contribution in [1.82, 2.24) is 9.80 Å². The van der Waals surface area contributed by atoms with Crippen molar-refractivity contribution in [2.24, 2.45) is 5.41 Å². The maximum absolute atomic E-state index is 12.4. The Morgan fingerprint density at radius 3 is 2.85 bits per heavy atom. The summed E-state index contributed by atoms with van der Waals surface area (Å²) in [6, 6.07) is 2.04. The first-order valence-corrected chi connectivity index (χ1v) is 10.7. The van der Waals surface area contributed by atoms with Crippen LogP contribution in [-0.2, 0) is 9.53 Å². The second-order valence-corrected chi connectivity index (χ2v) is 8.71. The molecule has 3 aliphatic rings. The van der Waals surface area contributed by atoms with Crippen molar-refractivity contribution in [3.8, 4) is 0 Å². The van der Waals surface area contributed by atoms with Gasteiger partial charge >= 0.3 is 0 Å². The number of carbonyl (C=O) groups excluding carboxylic acids is 1. The van der Waals surface area contributed by atoms with E-state index in [1.807, 2.05) is 28.7 Å². The van der Waals surface area contributed by atoms with Gasteiger partial charge in [0.25, 0.3) is 0 Å². The van der Waals surface area contributed by atoms with Crippen LogP contribution in [0, 0.1) is 5.41 Å². The van der Waals surface area contributed by atoms with Gasteiger partial charge in [0, 0.05) is 32.3 Å². The van der Waals surface area contributed by atoms with Crippen LogP contribution in [0.3, 0.4) is 0 Å². The van der Waals surface area contributed by atoms with Gasteiger partial charge in [0.1, 0.15) is 0 Å². The number of thiophene rings is 1. The van der Waals surface area contributed by atoms with Crippen LogP contribution in [0.2, 0.25) is 0 Å². The minimum absolute atomic E-state index is 0.158. The predicted molar refractivity (Wildman–Crippen MR) is 106 cm³/mol. The van der Waals surface area contributed by atoms with Crippen LogP contribution in [0.1, 0.15) is 37.7 Å². The lowest BCUT2D eigenvalue weighted by Gasteiger charge is -2.39. The molecule has 0 bridgehead atoms. The molecule has 0 saturated carbocycles. The first-order valence-electron chi connectivity index (χ1n) is 9.74. The largest absolute Gasteiger partial charge is 0.501 e. The monoisotopic (exact) mass is 372 g/mol. The fraction of sp³-hybridized carbons (Fsp3) is 0.571. The highest BCUT2D eigenvalue weighted by Gasteiger charge is 2.41. The summed E-state index contributed by atoms with van der Waals surface area (Å²) in [5, 5.41) is 4.10. The van der Waals surface area contributed by atoms with Crippen molar-refractivity contribution >= 4 is 23.3 Å². The Bertz CT molecular complexity index is 672. The van der Waals surface area contributed by atoms with Gasteiger partial charge in [-0.15, -0.1) is 0 Å². The molecule has 1 aromatic heterocycles. The number of hydrogen-bond donors (Lipinski definition) is 0. The molecule has 0 aromatic carbocycles. The SMILES string of the molecule is O=C(C=Cc1ccsc1)N1CCC2(CCN(CC3=COCCC3)C2)CC1. The van der Waals surface area contributed by atoms with Crippen LogP contribution >= 0.6 is 11.3 Å². The second kappa shape index (κ2) is 7.97. The van der Waals surface area contributed by atoms with Gasteiger partial charge in [0.2, 0.25) is 5.91 Å². The minimum Gasteiger partial charge on any atom is -0.501 e. The van der Waals surface area contributed by atoms with E-state index in [4.69, 9.17) is 4.74 Å². The molecule has 5 heteroatoms. The summed E-state index contributed by atoms with van der Waals surface area (Å²) in [4.78, 5) is 17.0. The molecule has 0 aliphatic carbocycles. The highest BCUT2D eigenvalue weighted by molar-refractivity contribution is 7.08. The standard InChI is InChI=1S/C21H28N2O2S/c24-20(4-3-18-5-13-26-16-18)23-10-7-21(8-11-23)6-9-22(17-21)14-19-2-1-12-25-15-19/h3-5,13,15-16H,1-2,6-12,14,17H2. The fourth-order valence-corrected chi connectivity index (χ4v) is 5.07. The van der Waals surface area contributed by atoms with Crippen LogP contribution < -0.4 is 0 Å². The molecule has 2 fully saturated rings. The first-order chi connectivity index (χ1) is 12.7. The van der Waals surface area contributed by atoms with E-state index in [-0.39, 0.29) is 5.91 Å². The lowest BCUT2D eigenvalue weighted by Crippen LogP contribution is -2.43. The summed E-state index contributed by atoms with van der Waals surface area (Å²) < 4.78 is 5.48. The van der Waals surface area contributed by atoms with Crippen LogP contribution in [0.4, 0.5) is 0 Å². The molecule has 1 aromatic rings. The molecular formula is C21H28N2O2S. The number of amides is 1. The molecule has 1 amide bonds. The number of nitrogens with zero attached hydrogens (tertiary/aromatic N) is 2. The summed E-state index contributed by atoms with van der Waals surface area (Å²) in [6.45, 7) is 6.09. The molecule has 4 nitrogen and oxygen atoms in total. The zero-order chi connectivity index (χ0) is 17.8. The normalized spacial score (nSPS) is 23.4. The van der Waals surface area contributed by atoms with Crippen molar-refractivity contribution in [1.29, 1.82) is 0 Å². The predicted octanol–water partition coefficient (Wildman–Crippen LogP) is 3.77. The van der Waals surface area contributed by atoms with E-state index in [2.05, 4.69) is 10.3 Å². The number of rotatable bonds is 4. The number of likely N-dealkylation sites (tertiary alicyclic amines) is 2.